The van der Waals surface area contributed by atoms with Gasteiger partial charge in [0.05, 0.1) is 18.3 Å². The van der Waals surface area contributed by atoms with Gasteiger partial charge in [-0.2, -0.15) is 0 Å². The summed E-state index contributed by atoms with van der Waals surface area (Å²) in [5, 5.41) is 0. The van der Waals surface area contributed by atoms with Gasteiger partial charge in [0.2, 0.25) is 0 Å². The van der Waals surface area contributed by atoms with Gasteiger partial charge >= 0.3 is 11.9 Å². The summed E-state index contributed by atoms with van der Waals surface area (Å²) in [4.78, 5) is 24.1. The highest BCUT2D eigenvalue weighted by atomic mass is 16.5. The average molecular weight is 417 g/mol. The van der Waals surface area contributed by atoms with E-state index in [2.05, 4.69) is 13.8 Å². The first-order valence-corrected chi connectivity index (χ1v) is 11.4. The molecule has 2 rings (SSSR count). The van der Waals surface area contributed by atoms with Gasteiger partial charge in [-0.25, -0.2) is 9.59 Å². The van der Waals surface area contributed by atoms with Crippen LogP contribution >= 0.6 is 0 Å². The Bertz CT molecular complexity index is 657. The zero-order chi connectivity index (χ0) is 21.6. The first kappa shape index (κ1) is 24.1. The second-order valence-corrected chi connectivity index (χ2v) is 7.86. The summed E-state index contributed by atoms with van der Waals surface area (Å²) in [5.41, 5.74) is 1.36. The van der Waals surface area contributed by atoms with Crippen LogP contribution in [0.3, 0.4) is 0 Å². The number of ether oxygens (including phenoxy) is 3. The van der Waals surface area contributed by atoms with Crippen LogP contribution in [0, 0.1) is 0 Å². The van der Waals surface area contributed by atoms with E-state index >= 15 is 0 Å². The van der Waals surface area contributed by atoms with Gasteiger partial charge in [-0.15, -0.1) is 0 Å². The van der Waals surface area contributed by atoms with Gasteiger partial charge < -0.3 is 14.2 Å². The van der Waals surface area contributed by atoms with Crippen LogP contribution in [-0.4, -0.2) is 37.4 Å². The van der Waals surface area contributed by atoms with E-state index in [4.69, 9.17) is 14.2 Å². The quantitative estimate of drug-likeness (QED) is 0.248. The van der Waals surface area contributed by atoms with Crippen molar-refractivity contribution in [1.82, 2.24) is 0 Å². The first-order chi connectivity index (χ1) is 14.6. The molecular weight excluding hydrogens is 380 g/mol. The third-order valence-electron chi connectivity index (χ3n) is 5.25. The maximum absolute atomic E-state index is 12.4. The number of unbranched alkanes of at least 4 members (excludes halogenated alkanes) is 3. The van der Waals surface area contributed by atoms with Crippen LogP contribution in [-0.2, 0) is 19.0 Å². The van der Waals surface area contributed by atoms with Gasteiger partial charge in [0.15, 0.2) is 0 Å². The summed E-state index contributed by atoms with van der Waals surface area (Å²) >= 11 is 0. The van der Waals surface area contributed by atoms with Gasteiger partial charge in [0, 0.05) is 12.7 Å². The zero-order valence-corrected chi connectivity index (χ0v) is 18.4. The molecule has 0 aromatic heterocycles. The fourth-order valence-electron chi connectivity index (χ4n) is 3.46. The summed E-state index contributed by atoms with van der Waals surface area (Å²) in [5.74, 6) is -0.636. The van der Waals surface area contributed by atoms with Crippen LogP contribution < -0.4 is 0 Å². The average Bonchev–Trinajstić information content (AvgIpc) is 2.77. The molecule has 0 radical (unpaired) electrons. The molecule has 0 heterocycles. The molecule has 0 unspecified atom stereocenters. The maximum atomic E-state index is 12.4. The van der Waals surface area contributed by atoms with Crippen molar-refractivity contribution in [2.75, 3.05) is 13.2 Å². The smallest absolute Gasteiger partial charge is 0.338 e. The molecule has 0 spiro atoms. The van der Waals surface area contributed by atoms with Crippen LogP contribution in [0.2, 0.25) is 0 Å². The van der Waals surface area contributed by atoms with Gasteiger partial charge in [-0.1, -0.05) is 45.2 Å². The van der Waals surface area contributed by atoms with E-state index in [1.807, 2.05) is 0 Å². The monoisotopic (exact) mass is 416 g/mol. The fraction of sp³-hybridized carbons (Fsp3) is 0.600. The Hall–Kier alpha value is -2.14. The van der Waals surface area contributed by atoms with Gasteiger partial charge in [-0.05, 0) is 62.3 Å². The Balaban J connectivity index is 1.72. The molecule has 5 nitrogen and oxygen atoms in total. The minimum atomic E-state index is -0.339. The van der Waals surface area contributed by atoms with Crippen LogP contribution in [0.15, 0.2) is 30.3 Å². The summed E-state index contributed by atoms with van der Waals surface area (Å²) in [6.07, 6.45) is 12.3. The molecule has 0 N–H and O–H groups in total. The Labute approximate surface area is 180 Å². The Morgan fingerprint density at radius 1 is 0.900 bits per heavy atom. The highest BCUT2D eigenvalue weighted by Gasteiger charge is 2.24. The normalized spacial score (nSPS) is 19.0. The van der Waals surface area contributed by atoms with Crippen LogP contribution in [0.4, 0.5) is 0 Å². The molecule has 1 saturated carbocycles. The number of hydrogen-bond donors (Lipinski definition) is 0. The van der Waals surface area contributed by atoms with Crippen molar-refractivity contribution in [2.45, 2.75) is 83.8 Å². The van der Waals surface area contributed by atoms with Crippen LogP contribution in [0.1, 0.15) is 87.6 Å². The SMILES string of the molecule is CCCCCCOC(=O)C=Cc1ccc(C(=O)OC2CCC(OCCC)CC2)cc1. The molecule has 30 heavy (non-hydrogen) atoms. The van der Waals surface area contributed by atoms with Crippen LogP contribution in [0.5, 0.6) is 0 Å². The van der Waals surface area contributed by atoms with Crippen molar-refractivity contribution < 1.29 is 23.8 Å². The molecule has 1 aliphatic rings. The van der Waals surface area contributed by atoms with Crippen molar-refractivity contribution in [1.29, 1.82) is 0 Å². The number of carbonyl (C=O) groups is 2. The van der Waals surface area contributed by atoms with E-state index in [9.17, 15) is 9.59 Å². The highest BCUT2D eigenvalue weighted by Crippen LogP contribution is 2.24. The number of carbonyl (C=O) groups excluding carboxylic acids is 2. The minimum absolute atomic E-state index is 0.0364. The van der Waals surface area contributed by atoms with Crippen molar-refractivity contribution in [3.63, 3.8) is 0 Å². The molecule has 0 bridgehead atoms. The third-order valence-corrected chi connectivity index (χ3v) is 5.25. The van der Waals surface area contributed by atoms with Crippen molar-refractivity contribution in [2.24, 2.45) is 0 Å². The summed E-state index contributed by atoms with van der Waals surface area (Å²) in [6, 6.07) is 7.07. The largest absolute Gasteiger partial charge is 0.463 e. The highest BCUT2D eigenvalue weighted by molar-refractivity contribution is 5.90. The third kappa shape index (κ3) is 9.12. The van der Waals surface area contributed by atoms with E-state index < -0.39 is 0 Å². The van der Waals surface area contributed by atoms with E-state index in [-0.39, 0.29) is 18.0 Å². The molecule has 0 aliphatic heterocycles. The molecule has 1 aromatic rings. The van der Waals surface area contributed by atoms with Gasteiger partial charge in [0.25, 0.3) is 0 Å². The molecule has 1 fully saturated rings. The van der Waals surface area contributed by atoms with E-state index in [0.29, 0.717) is 18.3 Å². The number of esters is 2. The molecule has 1 aromatic carbocycles. The summed E-state index contributed by atoms with van der Waals surface area (Å²) in [7, 11) is 0. The minimum Gasteiger partial charge on any atom is -0.463 e. The zero-order valence-electron chi connectivity index (χ0n) is 18.4. The van der Waals surface area contributed by atoms with E-state index in [1.165, 1.54) is 6.08 Å². The predicted molar refractivity (Wildman–Crippen MR) is 118 cm³/mol. The number of benzene rings is 1. The van der Waals surface area contributed by atoms with E-state index in [1.54, 1.807) is 30.3 Å². The predicted octanol–water partition coefficient (Wildman–Crippen LogP) is 5.72. The lowest BCUT2D eigenvalue weighted by Gasteiger charge is -2.28. The molecule has 0 amide bonds. The molecular formula is C25H36O5. The molecule has 0 atom stereocenters. The lowest BCUT2D eigenvalue weighted by atomic mass is 9.95. The summed E-state index contributed by atoms with van der Waals surface area (Å²) in [6.45, 7) is 5.51. The summed E-state index contributed by atoms with van der Waals surface area (Å²) < 4.78 is 16.6. The lowest BCUT2D eigenvalue weighted by molar-refractivity contribution is -0.137. The standard InChI is InChI=1S/C25H36O5/c1-3-5-6-7-19-29-24(26)17-10-20-8-11-21(12-9-20)25(27)30-23-15-13-22(14-16-23)28-18-4-2/h8-12,17,22-23H,3-7,13-16,18-19H2,1-2H3. The second-order valence-electron chi connectivity index (χ2n) is 7.86. The molecule has 5 heteroatoms. The topological polar surface area (TPSA) is 61.8 Å². The molecule has 0 saturated heterocycles. The van der Waals surface area contributed by atoms with Gasteiger partial charge in [0.1, 0.15) is 6.10 Å². The number of hydrogen-bond acceptors (Lipinski definition) is 5. The number of rotatable bonds is 12. The Morgan fingerprint density at radius 2 is 1.60 bits per heavy atom. The maximum Gasteiger partial charge on any atom is 0.338 e. The molecule has 166 valence electrons. The molecule has 1 aliphatic carbocycles. The Kier molecular flexibility index (Phi) is 11.2. The van der Waals surface area contributed by atoms with Crippen molar-refractivity contribution >= 4 is 18.0 Å². The fourth-order valence-corrected chi connectivity index (χ4v) is 3.46. The van der Waals surface area contributed by atoms with Crippen molar-refractivity contribution in [3.05, 3.63) is 41.5 Å². The first-order valence-electron chi connectivity index (χ1n) is 11.4. The van der Waals surface area contributed by atoms with Gasteiger partial charge in [-0.3, -0.25) is 0 Å². The second kappa shape index (κ2) is 14.0. The van der Waals surface area contributed by atoms with Crippen LogP contribution in [0.25, 0.3) is 6.08 Å². The van der Waals surface area contributed by atoms with Crippen molar-refractivity contribution in [3.8, 4) is 0 Å². The van der Waals surface area contributed by atoms with E-state index in [0.717, 1.165) is 70.0 Å². The lowest BCUT2D eigenvalue weighted by Crippen LogP contribution is -2.28. The Morgan fingerprint density at radius 3 is 2.27 bits per heavy atom.